The van der Waals surface area contributed by atoms with Crippen LogP contribution in [0.5, 0.6) is 0 Å². The number of imidazole rings is 1. The molecular weight excluding hydrogens is 428 g/mol. The van der Waals surface area contributed by atoms with E-state index in [4.69, 9.17) is 0 Å². The highest BCUT2D eigenvalue weighted by atomic mass is 16.4. The Morgan fingerprint density at radius 3 is 2.15 bits per heavy atom. The van der Waals surface area contributed by atoms with Gasteiger partial charge in [0, 0.05) is 11.1 Å². The maximum atomic E-state index is 13.3. The zero-order valence-corrected chi connectivity index (χ0v) is 18.2. The summed E-state index contributed by atoms with van der Waals surface area (Å²) in [4.78, 5) is 42.3. The van der Waals surface area contributed by atoms with Crippen molar-refractivity contribution in [2.24, 2.45) is 0 Å². The Bertz CT molecular complexity index is 1550. The number of ketones is 2. The Morgan fingerprint density at radius 2 is 1.50 bits per heavy atom. The molecule has 0 aliphatic heterocycles. The van der Waals surface area contributed by atoms with Crippen LogP contribution in [0, 0.1) is 11.8 Å². The smallest absolute Gasteiger partial charge is 0.336 e. The molecule has 5 rings (SSSR count). The maximum Gasteiger partial charge on any atom is 0.336 e. The average Bonchev–Trinajstić information content (AvgIpc) is 3.21. The highest BCUT2D eigenvalue weighted by Gasteiger charge is 2.35. The van der Waals surface area contributed by atoms with Crippen LogP contribution in [0.4, 0.5) is 0 Å². The quantitative estimate of drug-likeness (QED) is 0.412. The minimum Gasteiger partial charge on any atom is -0.478 e. The second-order valence-electron chi connectivity index (χ2n) is 7.85. The third-order valence-corrected chi connectivity index (χ3v) is 5.81. The lowest BCUT2D eigenvalue weighted by atomic mass is 9.90. The van der Waals surface area contributed by atoms with Gasteiger partial charge in [0.05, 0.1) is 12.1 Å². The topological polar surface area (TPSA) is 89.3 Å². The van der Waals surface area contributed by atoms with Gasteiger partial charge in [-0.1, -0.05) is 72.7 Å². The average molecular weight is 446 g/mol. The molecule has 0 saturated heterocycles. The van der Waals surface area contributed by atoms with Crippen molar-refractivity contribution in [2.45, 2.75) is 13.5 Å². The van der Waals surface area contributed by atoms with Gasteiger partial charge in [-0.05, 0) is 35.6 Å². The summed E-state index contributed by atoms with van der Waals surface area (Å²) in [5, 5.41) is 9.48. The summed E-state index contributed by atoms with van der Waals surface area (Å²) in [6, 6.07) is 21.0. The second-order valence-corrected chi connectivity index (χ2v) is 7.85. The first-order valence-electron chi connectivity index (χ1n) is 10.6. The number of fused-ring (bicyclic) bond motifs is 2. The van der Waals surface area contributed by atoms with Crippen LogP contribution < -0.4 is 0 Å². The van der Waals surface area contributed by atoms with Gasteiger partial charge in [0.1, 0.15) is 11.4 Å². The van der Waals surface area contributed by atoms with E-state index in [0.29, 0.717) is 22.5 Å². The standard InChI is InChI=1S/C28H18N2O4/c1-2-7-23-29-24-25(27(32)21-10-5-4-9-20(21)26(24)31)30(23)16-17-12-14-18(15-13-17)19-8-3-6-11-22(19)28(33)34/h3-6,8-15H,16H2,1H3,(H,33,34). The molecule has 0 spiro atoms. The van der Waals surface area contributed by atoms with Crippen LogP contribution in [0.25, 0.3) is 11.1 Å². The van der Waals surface area contributed by atoms with Gasteiger partial charge in [0.25, 0.3) is 0 Å². The zero-order valence-electron chi connectivity index (χ0n) is 18.2. The van der Waals surface area contributed by atoms with E-state index in [9.17, 15) is 19.5 Å². The van der Waals surface area contributed by atoms with Crippen molar-refractivity contribution in [2.75, 3.05) is 0 Å². The molecule has 6 heteroatoms. The zero-order chi connectivity index (χ0) is 23.8. The van der Waals surface area contributed by atoms with Crippen molar-refractivity contribution >= 4 is 17.5 Å². The van der Waals surface area contributed by atoms with Gasteiger partial charge in [-0.15, -0.1) is 0 Å². The van der Waals surface area contributed by atoms with Crippen LogP contribution in [-0.4, -0.2) is 32.2 Å². The van der Waals surface area contributed by atoms with Crippen LogP contribution in [0.2, 0.25) is 0 Å². The molecule has 0 atom stereocenters. The first kappa shape index (κ1) is 21.1. The summed E-state index contributed by atoms with van der Waals surface area (Å²) in [6.07, 6.45) is 0. The molecule has 0 amide bonds. The van der Waals surface area contributed by atoms with Gasteiger partial charge >= 0.3 is 5.97 Å². The van der Waals surface area contributed by atoms with Gasteiger partial charge in [0.2, 0.25) is 11.6 Å². The second kappa shape index (κ2) is 8.30. The first-order chi connectivity index (χ1) is 16.5. The number of hydrogen-bond donors (Lipinski definition) is 1. The molecule has 0 saturated carbocycles. The van der Waals surface area contributed by atoms with Crippen molar-refractivity contribution in [1.82, 2.24) is 9.55 Å². The number of carboxylic acid groups (broad SMARTS) is 1. The number of carbonyl (C=O) groups is 3. The van der Waals surface area contributed by atoms with E-state index in [-0.39, 0.29) is 35.1 Å². The summed E-state index contributed by atoms with van der Waals surface area (Å²) >= 11 is 0. The van der Waals surface area contributed by atoms with Crippen LogP contribution in [0.1, 0.15) is 60.8 Å². The predicted molar refractivity (Wildman–Crippen MR) is 126 cm³/mol. The number of benzene rings is 3. The van der Waals surface area contributed by atoms with Gasteiger partial charge in [-0.2, -0.15) is 0 Å². The number of aromatic carboxylic acids is 1. The van der Waals surface area contributed by atoms with Crippen LogP contribution >= 0.6 is 0 Å². The first-order valence-corrected chi connectivity index (χ1v) is 10.6. The molecule has 34 heavy (non-hydrogen) atoms. The van der Waals surface area contributed by atoms with Crippen molar-refractivity contribution in [3.05, 3.63) is 112 Å². The van der Waals surface area contributed by atoms with Crippen molar-refractivity contribution < 1.29 is 19.5 Å². The van der Waals surface area contributed by atoms with Gasteiger partial charge in [0.15, 0.2) is 5.82 Å². The molecule has 1 aliphatic rings. The van der Waals surface area contributed by atoms with Crippen molar-refractivity contribution in [3.63, 3.8) is 0 Å². The molecule has 0 fully saturated rings. The Hall–Kier alpha value is -4.76. The van der Waals surface area contributed by atoms with Crippen molar-refractivity contribution in [3.8, 4) is 23.0 Å². The summed E-state index contributed by atoms with van der Waals surface area (Å²) in [5.41, 5.74) is 3.53. The van der Waals surface area contributed by atoms with E-state index < -0.39 is 5.97 Å². The lowest BCUT2D eigenvalue weighted by molar-refractivity contribution is 0.0697. The third kappa shape index (κ3) is 3.40. The SMILES string of the molecule is CC#Cc1nc2c(n1Cc1ccc(-c3ccccc3C(=O)O)cc1)C(=O)c1ccccc1C2=O. The summed E-state index contributed by atoms with van der Waals surface area (Å²) < 4.78 is 1.68. The number of carbonyl (C=O) groups excluding carboxylic acids is 2. The van der Waals surface area contributed by atoms with Crippen LogP contribution in [0.15, 0.2) is 72.8 Å². The number of carboxylic acids is 1. The van der Waals surface area contributed by atoms with E-state index in [2.05, 4.69) is 16.8 Å². The fraction of sp³-hybridized carbons (Fsp3) is 0.0714. The number of rotatable bonds is 4. The Kier molecular flexibility index (Phi) is 5.15. The van der Waals surface area contributed by atoms with Crippen LogP contribution in [0.3, 0.4) is 0 Å². The Labute approximate surface area is 195 Å². The molecule has 164 valence electrons. The van der Waals surface area contributed by atoms with E-state index in [0.717, 1.165) is 11.1 Å². The Morgan fingerprint density at radius 1 is 0.882 bits per heavy atom. The van der Waals surface area contributed by atoms with Gasteiger partial charge < -0.3 is 9.67 Å². The minimum absolute atomic E-state index is 0.119. The normalized spacial score (nSPS) is 11.9. The molecule has 4 aromatic rings. The maximum absolute atomic E-state index is 13.3. The highest BCUT2D eigenvalue weighted by molar-refractivity contribution is 6.27. The van der Waals surface area contributed by atoms with E-state index in [1.165, 1.54) is 0 Å². The molecule has 1 heterocycles. The number of nitrogens with zero attached hydrogens (tertiary/aromatic N) is 2. The summed E-state index contributed by atoms with van der Waals surface area (Å²) in [5.74, 6) is 4.53. The lowest BCUT2D eigenvalue weighted by Crippen LogP contribution is -2.23. The molecule has 0 unspecified atom stereocenters. The number of hydrogen-bond acceptors (Lipinski definition) is 4. The van der Waals surface area contributed by atoms with Crippen molar-refractivity contribution in [1.29, 1.82) is 0 Å². The summed E-state index contributed by atoms with van der Waals surface area (Å²) in [6.45, 7) is 1.96. The molecule has 1 aromatic heterocycles. The molecule has 6 nitrogen and oxygen atoms in total. The third-order valence-electron chi connectivity index (χ3n) is 5.81. The minimum atomic E-state index is -0.990. The largest absolute Gasteiger partial charge is 0.478 e. The van der Waals surface area contributed by atoms with E-state index >= 15 is 0 Å². The predicted octanol–water partition coefficient (Wildman–Crippen LogP) is 4.44. The summed E-state index contributed by atoms with van der Waals surface area (Å²) in [7, 11) is 0. The monoisotopic (exact) mass is 446 g/mol. The van der Waals surface area contributed by atoms with E-state index in [1.807, 2.05) is 24.3 Å². The fourth-order valence-electron chi connectivity index (χ4n) is 4.23. The van der Waals surface area contributed by atoms with Crippen LogP contribution in [-0.2, 0) is 6.54 Å². The molecular formula is C28H18N2O4. The molecule has 1 N–H and O–H groups in total. The fourth-order valence-corrected chi connectivity index (χ4v) is 4.23. The van der Waals surface area contributed by atoms with Gasteiger partial charge in [-0.25, -0.2) is 9.78 Å². The van der Waals surface area contributed by atoms with Gasteiger partial charge in [-0.3, -0.25) is 9.59 Å². The van der Waals surface area contributed by atoms with E-state index in [1.54, 1.807) is 60.0 Å². The molecule has 3 aromatic carbocycles. The highest BCUT2D eigenvalue weighted by Crippen LogP contribution is 2.29. The molecule has 0 radical (unpaired) electrons. The molecule has 0 bridgehead atoms. The Balaban J connectivity index is 1.55. The lowest BCUT2D eigenvalue weighted by Gasteiger charge is -2.16. The number of aromatic nitrogens is 2. The molecule has 1 aliphatic carbocycles.